The molecule has 10 heteroatoms. The average Bonchev–Trinajstić information content (AvgIpc) is 2.97. The molecule has 1 aromatic rings. The second-order valence-electron chi connectivity index (χ2n) is 5.44. The highest BCUT2D eigenvalue weighted by Crippen LogP contribution is 2.43. The van der Waals surface area contributed by atoms with Crippen LogP contribution >= 0.6 is 23.3 Å². The summed E-state index contributed by atoms with van der Waals surface area (Å²) < 4.78 is 37.2. The molecule has 0 aromatic carbocycles. The van der Waals surface area contributed by atoms with Gasteiger partial charge in [-0.25, -0.2) is 17.9 Å². The minimum atomic E-state index is -3.67. The Morgan fingerprint density at radius 1 is 1.42 bits per heavy atom. The van der Waals surface area contributed by atoms with Gasteiger partial charge in [-0.1, -0.05) is 6.92 Å². The Bertz CT molecular complexity index is 621. The molecule has 24 heavy (non-hydrogen) atoms. The number of thiophene rings is 1. The van der Waals surface area contributed by atoms with E-state index < -0.39 is 10.0 Å². The smallest absolute Gasteiger partial charge is 0.247 e. The molecule has 0 spiro atoms. The van der Waals surface area contributed by atoms with E-state index in [0.29, 0.717) is 19.8 Å². The van der Waals surface area contributed by atoms with Gasteiger partial charge >= 0.3 is 0 Å². The summed E-state index contributed by atoms with van der Waals surface area (Å²) in [6, 6.07) is 1.81. The van der Waals surface area contributed by atoms with E-state index in [4.69, 9.17) is 14.6 Å². The van der Waals surface area contributed by atoms with Gasteiger partial charge < -0.3 is 14.8 Å². The minimum absolute atomic E-state index is 0.104. The molecular weight excluding hydrogens is 370 g/mol. The highest BCUT2D eigenvalue weighted by atomic mass is 32.3. The van der Waals surface area contributed by atoms with Crippen molar-refractivity contribution in [2.75, 3.05) is 46.6 Å². The lowest BCUT2D eigenvalue weighted by atomic mass is 10.1. The Balaban J connectivity index is 2.04. The molecule has 0 fully saturated rings. The molecule has 3 N–H and O–H groups in total. The van der Waals surface area contributed by atoms with Crippen LogP contribution in [0.2, 0.25) is 0 Å². The number of hydrogen-bond donors (Lipinski definition) is 2. The van der Waals surface area contributed by atoms with Crippen LogP contribution in [0, 0.1) is 0 Å². The maximum absolute atomic E-state index is 11.6. The van der Waals surface area contributed by atoms with Crippen LogP contribution < -0.4 is 10.5 Å². The van der Waals surface area contributed by atoms with E-state index >= 15 is 0 Å². The predicted octanol–water partition coefficient (Wildman–Crippen LogP) is 1.42. The largest absolute Gasteiger partial charge is 0.382 e. The molecule has 0 saturated carbocycles. The van der Waals surface area contributed by atoms with E-state index in [-0.39, 0.29) is 10.3 Å². The maximum Gasteiger partial charge on any atom is 0.247 e. The van der Waals surface area contributed by atoms with Crippen LogP contribution in [0.25, 0.3) is 0 Å². The number of ether oxygens (including phenoxy) is 2. The van der Waals surface area contributed by atoms with E-state index in [1.54, 1.807) is 25.1 Å². The number of hydrogen-bond acceptors (Lipinski definition) is 8. The van der Waals surface area contributed by atoms with Gasteiger partial charge in [0, 0.05) is 26.2 Å². The predicted molar refractivity (Wildman–Crippen MR) is 96.9 cm³/mol. The number of nitrogens with two attached hydrogens (primary N) is 1. The van der Waals surface area contributed by atoms with Crippen LogP contribution in [0.5, 0.6) is 0 Å². The van der Waals surface area contributed by atoms with Crippen molar-refractivity contribution in [1.29, 1.82) is 0 Å². The van der Waals surface area contributed by atoms with Gasteiger partial charge in [0.1, 0.15) is 4.21 Å². The second kappa shape index (κ2) is 9.48. The summed E-state index contributed by atoms with van der Waals surface area (Å²) in [5, 5.41) is 8.77. The van der Waals surface area contributed by atoms with Crippen molar-refractivity contribution < 1.29 is 17.9 Å². The van der Waals surface area contributed by atoms with Crippen molar-refractivity contribution in [3.63, 3.8) is 0 Å². The van der Waals surface area contributed by atoms with Crippen molar-refractivity contribution in [3.8, 4) is 0 Å². The molecule has 0 bridgehead atoms. The molecule has 1 atom stereocenters. The SMILES string of the molecule is CCCNC1CN(CCOCCOC)Sc2sc(S(N)(=O)=O)cc21. The monoisotopic (exact) mass is 395 g/mol. The molecule has 138 valence electrons. The van der Waals surface area contributed by atoms with Gasteiger partial charge in [0.25, 0.3) is 0 Å². The molecule has 0 amide bonds. The molecule has 1 aromatic heterocycles. The van der Waals surface area contributed by atoms with Gasteiger partial charge in [0.2, 0.25) is 10.0 Å². The first kappa shape index (κ1) is 20.1. The molecule has 1 aliphatic heterocycles. The summed E-state index contributed by atoms with van der Waals surface area (Å²) in [6.45, 7) is 6.32. The van der Waals surface area contributed by atoms with Crippen LogP contribution in [-0.2, 0) is 19.5 Å². The van der Waals surface area contributed by atoms with E-state index in [1.165, 1.54) is 11.3 Å². The van der Waals surface area contributed by atoms with Crippen LogP contribution in [0.3, 0.4) is 0 Å². The molecule has 1 aliphatic rings. The van der Waals surface area contributed by atoms with Crippen LogP contribution in [0.4, 0.5) is 0 Å². The highest BCUT2D eigenvalue weighted by molar-refractivity contribution is 7.99. The number of sulfonamides is 1. The lowest BCUT2D eigenvalue weighted by Gasteiger charge is -2.32. The Morgan fingerprint density at radius 2 is 2.21 bits per heavy atom. The Labute approximate surface area is 152 Å². The van der Waals surface area contributed by atoms with Gasteiger partial charge in [-0.3, -0.25) is 0 Å². The summed E-state index contributed by atoms with van der Waals surface area (Å²) in [4.78, 5) is 0. The third-order valence-corrected chi connectivity index (χ3v) is 7.34. The van der Waals surface area contributed by atoms with Crippen molar-refractivity contribution in [2.45, 2.75) is 27.8 Å². The molecule has 7 nitrogen and oxygen atoms in total. The highest BCUT2D eigenvalue weighted by Gasteiger charge is 2.30. The third-order valence-electron chi connectivity index (χ3n) is 3.51. The van der Waals surface area contributed by atoms with Gasteiger partial charge in [-0.2, -0.15) is 0 Å². The van der Waals surface area contributed by atoms with E-state index in [9.17, 15) is 8.42 Å². The number of primary sulfonamides is 1. The number of nitrogens with one attached hydrogen (secondary N) is 1. The first-order valence-corrected chi connectivity index (χ1v) is 11.0. The Morgan fingerprint density at radius 3 is 2.88 bits per heavy atom. The van der Waals surface area contributed by atoms with Crippen molar-refractivity contribution in [3.05, 3.63) is 11.6 Å². The van der Waals surface area contributed by atoms with Crippen LogP contribution in [-0.4, -0.2) is 59.3 Å². The second-order valence-corrected chi connectivity index (χ2v) is 9.65. The first-order valence-electron chi connectivity index (χ1n) is 7.85. The van der Waals surface area contributed by atoms with Crippen LogP contribution in [0.1, 0.15) is 24.9 Å². The zero-order valence-corrected chi connectivity index (χ0v) is 16.4. The number of fused-ring (bicyclic) bond motifs is 1. The summed E-state index contributed by atoms with van der Waals surface area (Å²) >= 11 is 2.81. The fourth-order valence-corrected chi connectivity index (χ4v) is 5.83. The van der Waals surface area contributed by atoms with Gasteiger partial charge in [-0.05, 0) is 36.5 Å². The fraction of sp³-hybridized carbons (Fsp3) is 0.714. The molecule has 0 aliphatic carbocycles. The summed E-state index contributed by atoms with van der Waals surface area (Å²) in [6.07, 6.45) is 1.02. The van der Waals surface area contributed by atoms with E-state index in [0.717, 1.165) is 35.8 Å². The zero-order chi connectivity index (χ0) is 17.6. The summed E-state index contributed by atoms with van der Waals surface area (Å²) in [7, 11) is -2.02. The number of nitrogens with zero attached hydrogens (tertiary/aromatic N) is 1. The first-order chi connectivity index (χ1) is 11.5. The molecule has 0 saturated heterocycles. The van der Waals surface area contributed by atoms with E-state index in [1.807, 2.05) is 0 Å². The van der Waals surface area contributed by atoms with Gasteiger partial charge in [0.15, 0.2) is 0 Å². The summed E-state index contributed by atoms with van der Waals surface area (Å²) in [5.74, 6) is 0. The maximum atomic E-state index is 11.6. The topological polar surface area (TPSA) is 93.9 Å². The minimum Gasteiger partial charge on any atom is -0.382 e. The van der Waals surface area contributed by atoms with Crippen molar-refractivity contribution >= 4 is 33.3 Å². The normalized spacial score (nSPS) is 18.7. The summed E-state index contributed by atoms with van der Waals surface area (Å²) in [5.41, 5.74) is 1.03. The van der Waals surface area contributed by atoms with Crippen LogP contribution in [0.15, 0.2) is 14.5 Å². The molecule has 2 rings (SSSR count). The number of methoxy groups -OCH3 is 1. The Hall–Kier alpha value is -0.200. The molecular formula is C14H25N3O4S3. The molecule has 0 radical (unpaired) electrons. The van der Waals surface area contributed by atoms with Crippen molar-refractivity contribution in [2.24, 2.45) is 5.14 Å². The quantitative estimate of drug-likeness (QED) is 0.457. The number of rotatable bonds is 10. The van der Waals surface area contributed by atoms with Gasteiger partial charge in [0.05, 0.1) is 24.0 Å². The average molecular weight is 396 g/mol. The lowest BCUT2D eigenvalue weighted by Crippen LogP contribution is -2.36. The van der Waals surface area contributed by atoms with Crippen molar-refractivity contribution in [1.82, 2.24) is 9.62 Å². The Kier molecular flexibility index (Phi) is 7.95. The van der Waals surface area contributed by atoms with E-state index in [2.05, 4.69) is 16.5 Å². The lowest BCUT2D eigenvalue weighted by molar-refractivity contribution is 0.0658. The third kappa shape index (κ3) is 5.67. The molecule has 2 heterocycles. The zero-order valence-electron chi connectivity index (χ0n) is 14.0. The fourth-order valence-electron chi connectivity index (χ4n) is 2.32. The standard InChI is InChI=1S/C14H25N3O4S3/c1-3-4-16-12-10-17(5-6-21-8-7-20-2)23-14-11(12)9-13(22-14)24(15,18)19/h9,12,16H,3-8,10H2,1-2H3,(H2,15,18,19). The molecule has 1 unspecified atom stereocenters. The van der Waals surface area contributed by atoms with Gasteiger partial charge in [-0.15, -0.1) is 11.3 Å².